The highest BCUT2D eigenvalue weighted by molar-refractivity contribution is 9.10. The van der Waals surface area contributed by atoms with Crippen molar-refractivity contribution in [2.45, 2.75) is 26.8 Å². The Hall–Kier alpha value is -1.14. The molecule has 0 aromatic carbocycles. The van der Waals surface area contributed by atoms with Crippen molar-refractivity contribution in [1.82, 2.24) is 9.88 Å². The first-order chi connectivity index (χ1) is 8.66. The van der Waals surface area contributed by atoms with Crippen molar-refractivity contribution in [3.8, 4) is 0 Å². The summed E-state index contributed by atoms with van der Waals surface area (Å²) in [5, 5.41) is 9.46. The molecule has 0 radical (unpaired) electrons. The van der Waals surface area contributed by atoms with Gasteiger partial charge in [-0.05, 0) is 21.3 Å². The summed E-state index contributed by atoms with van der Waals surface area (Å²) in [6.07, 6.45) is 0.119. The van der Waals surface area contributed by atoms with E-state index in [-0.39, 0.29) is 10.7 Å². The summed E-state index contributed by atoms with van der Waals surface area (Å²) in [7, 11) is 0. The number of imide groups is 1. The summed E-state index contributed by atoms with van der Waals surface area (Å²) in [6, 6.07) is -0.648. The van der Waals surface area contributed by atoms with E-state index in [1.165, 1.54) is 6.20 Å². The van der Waals surface area contributed by atoms with E-state index in [0.29, 0.717) is 10.0 Å². The van der Waals surface area contributed by atoms with E-state index in [9.17, 15) is 14.7 Å². The van der Waals surface area contributed by atoms with E-state index in [4.69, 9.17) is 11.6 Å². The normalized spacial score (nSPS) is 18.7. The second-order valence-electron chi connectivity index (χ2n) is 5.41. The molecule has 0 fully saturated rings. The zero-order valence-electron chi connectivity index (χ0n) is 10.6. The number of pyridine rings is 1. The molecule has 2 amide bonds. The fraction of sp³-hybridized carbons (Fsp3) is 0.417. The van der Waals surface area contributed by atoms with E-state index < -0.39 is 23.5 Å². The second-order valence-corrected chi connectivity index (χ2v) is 6.62. The predicted molar refractivity (Wildman–Crippen MR) is 73.3 cm³/mol. The van der Waals surface area contributed by atoms with Crippen LogP contribution in [0.15, 0.2) is 10.7 Å². The zero-order chi connectivity index (χ0) is 14.5. The van der Waals surface area contributed by atoms with Crippen LogP contribution in [0.3, 0.4) is 0 Å². The molecule has 2 rings (SSSR count). The molecule has 1 aromatic heterocycles. The Morgan fingerprint density at radius 2 is 2.11 bits per heavy atom. The number of carbonyl (C=O) groups is 2. The third kappa shape index (κ3) is 2.12. The molecule has 1 atom stereocenters. The summed E-state index contributed by atoms with van der Waals surface area (Å²) < 4.78 is 0.454. The Labute approximate surface area is 123 Å². The van der Waals surface area contributed by atoms with Gasteiger partial charge < -0.3 is 5.11 Å². The van der Waals surface area contributed by atoms with Crippen molar-refractivity contribution in [1.29, 1.82) is 0 Å². The highest BCUT2D eigenvalue weighted by Gasteiger charge is 2.49. The van der Waals surface area contributed by atoms with E-state index >= 15 is 0 Å². The largest absolute Gasteiger partial charge is 0.465 e. The van der Waals surface area contributed by atoms with Crippen LogP contribution in [0.5, 0.6) is 0 Å². The fourth-order valence-electron chi connectivity index (χ4n) is 2.33. The molecule has 1 aromatic rings. The molecule has 1 aliphatic heterocycles. The molecule has 5 nitrogen and oxygen atoms in total. The second kappa shape index (κ2) is 4.45. The van der Waals surface area contributed by atoms with Crippen LogP contribution in [0.2, 0.25) is 5.15 Å². The van der Waals surface area contributed by atoms with Crippen LogP contribution in [-0.2, 0) is 0 Å². The number of amides is 2. The van der Waals surface area contributed by atoms with Crippen molar-refractivity contribution in [3.05, 3.63) is 26.9 Å². The summed E-state index contributed by atoms with van der Waals surface area (Å²) in [4.78, 5) is 28.5. The first-order valence-corrected chi connectivity index (χ1v) is 6.73. The van der Waals surface area contributed by atoms with Gasteiger partial charge in [-0.2, -0.15) is 0 Å². The summed E-state index contributed by atoms with van der Waals surface area (Å²) >= 11 is 9.31. The maximum absolute atomic E-state index is 12.3. The van der Waals surface area contributed by atoms with E-state index in [1.807, 2.05) is 20.8 Å². The van der Waals surface area contributed by atoms with Crippen LogP contribution >= 0.6 is 27.5 Å². The van der Waals surface area contributed by atoms with Crippen molar-refractivity contribution < 1.29 is 14.7 Å². The van der Waals surface area contributed by atoms with Gasteiger partial charge in [0.2, 0.25) is 0 Å². The van der Waals surface area contributed by atoms with Crippen LogP contribution in [0.25, 0.3) is 0 Å². The lowest BCUT2D eigenvalue weighted by Gasteiger charge is -2.32. The SMILES string of the molecule is CC(C)(C)C1c2c(Cl)ncc(Br)c2C(=O)N1C(=O)O. The minimum atomic E-state index is -1.29. The molecule has 2 heterocycles. The number of halogens is 2. The first-order valence-electron chi connectivity index (χ1n) is 5.56. The molecule has 0 saturated carbocycles. The molecule has 7 heteroatoms. The fourth-order valence-corrected chi connectivity index (χ4v) is 3.06. The van der Waals surface area contributed by atoms with Crippen molar-refractivity contribution in [3.63, 3.8) is 0 Å². The summed E-state index contributed by atoms with van der Waals surface area (Å²) in [5.74, 6) is -0.571. The summed E-state index contributed by atoms with van der Waals surface area (Å²) in [6.45, 7) is 5.56. The topological polar surface area (TPSA) is 70.5 Å². The Balaban J connectivity index is 2.77. The standard InChI is InChI=1S/C12H12BrClN2O3/c1-12(2,3)8-7-6(5(13)4-15-9(7)14)10(17)16(8)11(18)19/h4,8H,1-3H3,(H,18,19). The van der Waals surface area contributed by atoms with Gasteiger partial charge in [0, 0.05) is 16.2 Å². The van der Waals surface area contributed by atoms with Gasteiger partial charge in [0.15, 0.2) is 0 Å². The van der Waals surface area contributed by atoms with Crippen LogP contribution in [0.4, 0.5) is 4.79 Å². The lowest BCUT2D eigenvalue weighted by atomic mass is 9.83. The van der Waals surface area contributed by atoms with E-state index in [0.717, 1.165) is 4.90 Å². The van der Waals surface area contributed by atoms with Crippen LogP contribution in [-0.4, -0.2) is 27.0 Å². The van der Waals surface area contributed by atoms with Gasteiger partial charge in [-0.1, -0.05) is 32.4 Å². The molecule has 0 aliphatic carbocycles. The van der Waals surface area contributed by atoms with E-state index in [1.54, 1.807) is 0 Å². The zero-order valence-corrected chi connectivity index (χ0v) is 12.9. The Morgan fingerprint density at radius 3 is 2.58 bits per heavy atom. The summed E-state index contributed by atoms with van der Waals surface area (Å²) in [5.41, 5.74) is 0.268. The van der Waals surface area contributed by atoms with Crippen molar-refractivity contribution in [2.24, 2.45) is 5.41 Å². The highest BCUT2D eigenvalue weighted by atomic mass is 79.9. The van der Waals surface area contributed by atoms with Gasteiger partial charge in [-0.3, -0.25) is 4.79 Å². The number of carbonyl (C=O) groups excluding carboxylic acids is 1. The average molecular weight is 348 g/mol. The predicted octanol–water partition coefficient (Wildman–Crippen LogP) is 3.72. The number of rotatable bonds is 0. The van der Waals surface area contributed by atoms with Gasteiger partial charge in [-0.15, -0.1) is 0 Å². The molecule has 1 aliphatic rings. The molecule has 0 spiro atoms. The third-order valence-electron chi connectivity index (χ3n) is 3.01. The van der Waals surface area contributed by atoms with Crippen LogP contribution in [0.1, 0.15) is 42.7 Å². The van der Waals surface area contributed by atoms with Gasteiger partial charge in [0.1, 0.15) is 5.15 Å². The van der Waals surface area contributed by atoms with Crippen LogP contribution in [0, 0.1) is 5.41 Å². The average Bonchev–Trinajstić information content (AvgIpc) is 2.58. The molecule has 0 saturated heterocycles. The molecule has 102 valence electrons. The number of carboxylic acid groups (broad SMARTS) is 1. The van der Waals surface area contributed by atoms with E-state index in [2.05, 4.69) is 20.9 Å². The minimum Gasteiger partial charge on any atom is -0.465 e. The monoisotopic (exact) mass is 346 g/mol. The lowest BCUT2D eigenvalue weighted by Crippen LogP contribution is -2.39. The van der Waals surface area contributed by atoms with Crippen LogP contribution < -0.4 is 0 Å². The lowest BCUT2D eigenvalue weighted by molar-refractivity contribution is 0.0583. The Morgan fingerprint density at radius 1 is 1.53 bits per heavy atom. The molecule has 1 unspecified atom stereocenters. The third-order valence-corrected chi connectivity index (χ3v) is 3.91. The Kier molecular flexibility index (Phi) is 3.35. The van der Waals surface area contributed by atoms with Crippen molar-refractivity contribution in [2.75, 3.05) is 0 Å². The first kappa shape index (κ1) is 14.3. The molecule has 0 bridgehead atoms. The minimum absolute atomic E-state index is 0.162. The maximum Gasteiger partial charge on any atom is 0.414 e. The molecule has 1 N–H and O–H groups in total. The van der Waals surface area contributed by atoms with Gasteiger partial charge >= 0.3 is 6.09 Å². The smallest absolute Gasteiger partial charge is 0.414 e. The maximum atomic E-state index is 12.3. The molecular weight excluding hydrogens is 336 g/mol. The van der Waals surface area contributed by atoms with Crippen molar-refractivity contribution >= 4 is 39.5 Å². The number of aromatic nitrogens is 1. The highest BCUT2D eigenvalue weighted by Crippen LogP contribution is 2.48. The molecule has 19 heavy (non-hydrogen) atoms. The number of hydrogen-bond donors (Lipinski definition) is 1. The van der Waals surface area contributed by atoms with Gasteiger partial charge in [0.05, 0.1) is 11.6 Å². The number of hydrogen-bond acceptors (Lipinski definition) is 3. The van der Waals surface area contributed by atoms with Gasteiger partial charge in [0.25, 0.3) is 5.91 Å². The van der Waals surface area contributed by atoms with Gasteiger partial charge in [-0.25, -0.2) is 14.7 Å². The number of nitrogens with zero attached hydrogens (tertiary/aromatic N) is 2. The molecular formula is C12H12BrClN2O3. The Bertz CT molecular complexity index is 583. The number of fused-ring (bicyclic) bond motifs is 1. The quantitative estimate of drug-likeness (QED) is 0.726.